The lowest BCUT2D eigenvalue weighted by Gasteiger charge is -2.06. The van der Waals surface area contributed by atoms with Gasteiger partial charge in [0, 0.05) is 13.0 Å². The Labute approximate surface area is 75.6 Å². The summed E-state index contributed by atoms with van der Waals surface area (Å²) < 4.78 is 0. The van der Waals surface area contributed by atoms with Crippen LogP contribution >= 0.6 is 0 Å². The van der Waals surface area contributed by atoms with Crippen LogP contribution in [0.5, 0.6) is 0 Å². The van der Waals surface area contributed by atoms with Gasteiger partial charge in [0.2, 0.25) is 17.7 Å². The molecule has 0 spiro atoms. The zero-order valence-corrected chi connectivity index (χ0v) is 7.29. The van der Waals surface area contributed by atoms with E-state index in [-0.39, 0.29) is 18.9 Å². The highest BCUT2D eigenvalue weighted by Gasteiger charge is 2.18. The number of hydrogen-bond donors (Lipinski definition) is 3. The summed E-state index contributed by atoms with van der Waals surface area (Å²) in [5.74, 6) is -1.97. The van der Waals surface area contributed by atoms with Gasteiger partial charge in [-0.15, -0.1) is 0 Å². The first kappa shape index (κ1) is 11.4. The van der Waals surface area contributed by atoms with Crippen LogP contribution in [0, 0.1) is 5.92 Å². The van der Waals surface area contributed by atoms with E-state index in [2.05, 4.69) is 5.32 Å². The van der Waals surface area contributed by atoms with E-state index in [4.69, 9.17) is 11.5 Å². The summed E-state index contributed by atoms with van der Waals surface area (Å²) in [6, 6.07) is 0. The Hall–Kier alpha value is -1.59. The van der Waals surface area contributed by atoms with Gasteiger partial charge in [0.15, 0.2) is 0 Å². The molecule has 0 rings (SSSR count). The number of amides is 3. The minimum Gasteiger partial charge on any atom is -0.370 e. The lowest BCUT2D eigenvalue weighted by Crippen LogP contribution is -2.36. The summed E-state index contributed by atoms with van der Waals surface area (Å²) in [5, 5.41) is 2.32. The van der Waals surface area contributed by atoms with E-state index in [1.807, 2.05) is 0 Å². The Morgan fingerprint density at radius 2 is 1.77 bits per heavy atom. The van der Waals surface area contributed by atoms with Crippen LogP contribution in [0.3, 0.4) is 0 Å². The predicted molar refractivity (Wildman–Crippen MR) is 44.9 cm³/mol. The van der Waals surface area contributed by atoms with Gasteiger partial charge in [0.25, 0.3) is 0 Å². The van der Waals surface area contributed by atoms with Gasteiger partial charge in [-0.1, -0.05) is 0 Å². The zero-order valence-electron chi connectivity index (χ0n) is 7.29. The summed E-state index contributed by atoms with van der Waals surface area (Å²) in [6.07, 6.45) is 0.0395. The fourth-order valence-corrected chi connectivity index (χ4v) is 0.544. The molecule has 6 heteroatoms. The van der Waals surface area contributed by atoms with Crippen molar-refractivity contribution in [1.82, 2.24) is 5.32 Å². The molecule has 0 heterocycles. The first-order valence-corrected chi connectivity index (χ1v) is 3.65. The van der Waals surface area contributed by atoms with Crippen molar-refractivity contribution in [2.45, 2.75) is 13.3 Å². The van der Waals surface area contributed by atoms with Crippen LogP contribution in [0.4, 0.5) is 0 Å². The van der Waals surface area contributed by atoms with Crippen LogP contribution in [0.15, 0.2) is 0 Å². The zero-order chi connectivity index (χ0) is 10.4. The highest BCUT2D eigenvalue weighted by molar-refractivity contribution is 6.13. The van der Waals surface area contributed by atoms with E-state index in [1.54, 1.807) is 0 Å². The van der Waals surface area contributed by atoms with Gasteiger partial charge in [0.1, 0.15) is 5.92 Å². The van der Waals surface area contributed by atoms with Crippen LogP contribution in [-0.2, 0) is 14.4 Å². The second kappa shape index (κ2) is 5.13. The van der Waals surface area contributed by atoms with E-state index in [1.165, 1.54) is 6.92 Å². The second-order valence-corrected chi connectivity index (χ2v) is 2.46. The molecule has 73 valence electrons. The van der Waals surface area contributed by atoms with E-state index in [9.17, 15) is 14.4 Å². The molecular weight excluding hydrogens is 174 g/mol. The number of carbonyl (C=O) groups excluding carboxylic acids is 3. The quantitative estimate of drug-likeness (QED) is 0.433. The maximum Gasteiger partial charge on any atom is 0.237 e. The molecule has 0 aromatic carbocycles. The second-order valence-electron chi connectivity index (χ2n) is 2.46. The monoisotopic (exact) mass is 186 g/mol. The maximum absolute atomic E-state index is 11.0. The molecule has 0 aromatic rings. The lowest BCUT2D eigenvalue weighted by atomic mass is 10.1. The Balaban J connectivity index is 3.75. The first-order valence-electron chi connectivity index (χ1n) is 3.65. The number of nitrogens with one attached hydrogen (secondary N) is 1. The van der Waals surface area contributed by atoms with E-state index >= 15 is 0 Å². The summed E-state index contributed by atoms with van der Waals surface area (Å²) in [5.41, 5.74) is 9.67. The summed E-state index contributed by atoms with van der Waals surface area (Å²) in [7, 11) is 0. The van der Waals surface area contributed by atoms with Gasteiger partial charge in [0.05, 0.1) is 0 Å². The van der Waals surface area contributed by atoms with Crippen molar-refractivity contribution >= 4 is 17.7 Å². The minimum atomic E-state index is -0.781. The molecule has 0 unspecified atom stereocenters. The van der Waals surface area contributed by atoms with Crippen molar-refractivity contribution < 1.29 is 14.4 Å². The number of hydrogen-bond acceptors (Lipinski definition) is 3. The molecule has 0 saturated carbocycles. The Morgan fingerprint density at radius 1 is 1.23 bits per heavy atom. The molecular formula is C7H12N3O3. The first-order chi connectivity index (χ1) is 5.95. The van der Waals surface area contributed by atoms with Gasteiger partial charge in [-0.3, -0.25) is 14.4 Å². The molecule has 0 fully saturated rings. The molecule has 0 aliphatic carbocycles. The largest absolute Gasteiger partial charge is 0.370 e. The predicted octanol–water partition coefficient (Wildman–Crippen LogP) is -1.94. The molecule has 13 heavy (non-hydrogen) atoms. The van der Waals surface area contributed by atoms with Gasteiger partial charge >= 0.3 is 0 Å². The SMILES string of the molecule is C[C](C(N)=O)C(=O)NCCC(N)=O. The van der Waals surface area contributed by atoms with Crippen LogP contribution < -0.4 is 16.8 Å². The van der Waals surface area contributed by atoms with Crippen LogP contribution in [0.25, 0.3) is 0 Å². The van der Waals surface area contributed by atoms with Gasteiger partial charge in [-0.25, -0.2) is 0 Å². The maximum atomic E-state index is 11.0. The average molecular weight is 186 g/mol. The van der Waals surface area contributed by atoms with Crippen LogP contribution in [0.1, 0.15) is 13.3 Å². The fourth-order valence-electron chi connectivity index (χ4n) is 0.544. The van der Waals surface area contributed by atoms with Crippen molar-refractivity contribution in [2.24, 2.45) is 11.5 Å². The highest BCUT2D eigenvalue weighted by Crippen LogP contribution is 1.94. The summed E-state index contributed by atoms with van der Waals surface area (Å²) in [6.45, 7) is 1.42. The van der Waals surface area contributed by atoms with E-state index in [0.717, 1.165) is 0 Å². The van der Waals surface area contributed by atoms with Gasteiger partial charge < -0.3 is 16.8 Å². The highest BCUT2D eigenvalue weighted by atomic mass is 16.2. The topological polar surface area (TPSA) is 115 Å². The number of nitrogens with two attached hydrogens (primary N) is 2. The third kappa shape index (κ3) is 4.78. The van der Waals surface area contributed by atoms with Crippen LogP contribution in [-0.4, -0.2) is 24.3 Å². The van der Waals surface area contributed by atoms with Crippen molar-refractivity contribution in [2.75, 3.05) is 6.54 Å². The molecule has 1 radical (unpaired) electrons. The Bertz CT molecular complexity index is 227. The molecule has 0 aromatic heterocycles. The van der Waals surface area contributed by atoms with Crippen molar-refractivity contribution in [1.29, 1.82) is 0 Å². The lowest BCUT2D eigenvalue weighted by molar-refractivity contribution is -0.124. The molecule has 5 N–H and O–H groups in total. The third-order valence-corrected chi connectivity index (χ3v) is 1.37. The van der Waals surface area contributed by atoms with Gasteiger partial charge in [-0.05, 0) is 6.92 Å². The van der Waals surface area contributed by atoms with Crippen molar-refractivity contribution in [3.63, 3.8) is 0 Å². The third-order valence-electron chi connectivity index (χ3n) is 1.37. The molecule has 6 nitrogen and oxygen atoms in total. The molecule has 3 amide bonds. The molecule has 0 bridgehead atoms. The average Bonchev–Trinajstić information content (AvgIpc) is 2.02. The smallest absolute Gasteiger partial charge is 0.237 e. The summed E-state index contributed by atoms with van der Waals surface area (Å²) >= 11 is 0. The van der Waals surface area contributed by atoms with Crippen molar-refractivity contribution in [3.8, 4) is 0 Å². The normalized spacial score (nSPS) is 9.69. The standard InChI is InChI=1S/C7H12N3O3/c1-4(6(9)12)7(13)10-3-2-5(8)11/h2-3H2,1H3,(H2,8,11)(H2,9,12)(H,10,13). The van der Waals surface area contributed by atoms with E-state index < -0.39 is 17.7 Å². The number of primary amides is 2. The Kier molecular flexibility index (Phi) is 4.50. The van der Waals surface area contributed by atoms with E-state index in [0.29, 0.717) is 0 Å². The fraction of sp³-hybridized carbons (Fsp3) is 0.429. The molecule has 0 aliphatic rings. The summed E-state index contributed by atoms with van der Waals surface area (Å²) in [4.78, 5) is 31.7. The minimum absolute atomic E-state index is 0.0395. The molecule has 0 aliphatic heterocycles. The Morgan fingerprint density at radius 3 is 2.15 bits per heavy atom. The number of carbonyl (C=O) groups is 3. The molecule has 0 saturated heterocycles. The van der Waals surface area contributed by atoms with Gasteiger partial charge in [-0.2, -0.15) is 0 Å². The van der Waals surface area contributed by atoms with Crippen molar-refractivity contribution in [3.05, 3.63) is 5.92 Å². The molecule has 0 atom stereocenters. The van der Waals surface area contributed by atoms with Crippen LogP contribution in [0.2, 0.25) is 0 Å². The number of rotatable bonds is 5.